The van der Waals surface area contributed by atoms with Crippen molar-refractivity contribution in [1.82, 2.24) is 4.98 Å². The molecule has 1 aromatic heterocycles. The number of cyclic esters (lactones) is 1. The molecule has 0 saturated heterocycles. The number of imide groups is 2. The van der Waals surface area contributed by atoms with Crippen LogP contribution in [0.25, 0.3) is 22.4 Å². The number of nitrogens with one attached hydrogen (secondary N) is 1. The Morgan fingerprint density at radius 2 is 1.14 bits per heavy atom. The molecule has 1 N–H and O–H groups in total. The minimum absolute atomic E-state index is 0.0461. The molecule has 3 aliphatic heterocycles. The summed E-state index contributed by atoms with van der Waals surface area (Å²) in [5, 5.41) is 3.51. The van der Waals surface area contributed by atoms with Crippen molar-refractivity contribution < 1.29 is 33.1 Å². The zero-order chi connectivity index (χ0) is 38.9. The lowest BCUT2D eigenvalue weighted by Gasteiger charge is -2.27. The molecule has 0 radical (unpaired) electrons. The Morgan fingerprint density at radius 3 is 1.82 bits per heavy atom. The largest absolute Gasteiger partial charge is 0.434 e. The fourth-order valence-electron chi connectivity index (χ4n) is 7.45. The number of aromatic nitrogens is 1. The molecule has 3 aliphatic rings. The number of nitrogens with zero attached hydrogens (tertiary/aromatic N) is 3. The Balaban J connectivity index is 0.826. The Kier molecular flexibility index (Phi) is 7.54. The van der Waals surface area contributed by atoms with Crippen LogP contribution in [0.3, 0.4) is 0 Å². The predicted molar refractivity (Wildman–Crippen MR) is 208 cm³/mol. The van der Waals surface area contributed by atoms with E-state index in [4.69, 9.17) is 9.15 Å². The SMILES string of the molecule is O=C1OC(c2ccc3c(c2)C(=O)N(c2ccc(Cc4ccc(N5C(=O)c6ccc(-c7nc8ccccc8c(=O)o7)cc6C5=O)cc4)cc2)C3=O)Nc2ccccc21. The fraction of sp³-hybridized carbons (Fsp3) is 0.0444. The van der Waals surface area contributed by atoms with Crippen LogP contribution in [-0.4, -0.2) is 34.6 Å². The summed E-state index contributed by atoms with van der Waals surface area (Å²) >= 11 is 0. The zero-order valence-electron chi connectivity index (χ0n) is 29.6. The van der Waals surface area contributed by atoms with Gasteiger partial charge in [0.1, 0.15) is 0 Å². The smallest absolute Gasteiger partial charge is 0.347 e. The van der Waals surface area contributed by atoms with E-state index in [0.29, 0.717) is 51.1 Å². The van der Waals surface area contributed by atoms with E-state index in [9.17, 15) is 28.8 Å². The van der Waals surface area contributed by atoms with Crippen molar-refractivity contribution in [2.75, 3.05) is 15.1 Å². The summed E-state index contributed by atoms with van der Waals surface area (Å²) in [6, 6.07) is 37.4. The van der Waals surface area contributed by atoms with E-state index in [1.165, 1.54) is 12.1 Å². The summed E-state index contributed by atoms with van der Waals surface area (Å²) in [7, 11) is 0. The molecule has 1 unspecified atom stereocenters. The van der Waals surface area contributed by atoms with Gasteiger partial charge in [-0.3, -0.25) is 19.2 Å². The van der Waals surface area contributed by atoms with Crippen molar-refractivity contribution in [3.8, 4) is 11.5 Å². The van der Waals surface area contributed by atoms with Crippen molar-refractivity contribution in [2.24, 2.45) is 0 Å². The summed E-state index contributed by atoms with van der Waals surface area (Å²) < 4.78 is 11.0. The average Bonchev–Trinajstić information content (AvgIpc) is 3.64. The number of carbonyl (C=O) groups is 5. The van der Waals surface area contributed by atoms with Gasteiger partial charge in [0.15, 0.2) is 6.23 Å². The van der Waals surface area contributed by atoms with Gasteiger partial charge in [-0.1, -0.05) is 54.6 Å². The van der Waals surface area contributed by atoms with Crippen LogP contribution in [-0.2, 0) is 11.2 Å². The number of ether oxygens (including phenoxy) is 1. The second kappa shape index (κ2) is 12.8. The molecule has 57 heavy (non-hydrogen) atoms. The van der Waals surface area contributed by atoms with E-state index in [1.807, 2.05) is 24.3 Å². The first-order chi connectivity index (χ1) is 27.7. The number of esters is 1. The number of carbonyl (C=O) groups excluding carboxylic acids is 5. The maximum absolute atomic E-state index is 13.6. The third-order valence-corrected chi connectivity index (χ3v) is 10.3. The summed E-state index contributed by atoms with van der Waals surface area (Å²) in [5.74, 6) is -2.35. The Morgan fingerprint density at radius 1 is 0.561 bits per heavy atom. The molecule has 12 heteroatoms. The molecule has 4 amide bonds. The van der Waals surface area contributed by atoms with Crippen molar-refractivity contribution in [2.45, 2.75) is 12.6 Å². The molecular formula is C45H26N4O8. The molecule has 1 atom stereocenters. The maximum atomic E-state index is 13.6. The summed E-state index contributed by atoms with van der Waals surface area (Å²) in [4.78, 5) is 85.8. The minimum atomic E-state index is -0.824. The zero-order valence-corrected chi connectivity index (χ0v) is 29.6. The highest BCUT2D eigenvalue weighted by Gasteiger charge is 2.39. The van der Waals surface area contributed by atoms with Crippen molar-refractivity contribution in [1.29, 1.82) is 0 Å². The molecular weight excluding hydrogens is 725 g/mol. The highest BCUT2D eigenvalue weighted by molar-refractivity contribution is 6.35. The van der Waals surface area contributed by atoms with Gasteiger partial charge in [0.25, 0.3) is 23.6 Å². The number of para-hydroxylation sites is 2. The fourth-order valence-corrected chi connectivity index (χ4v) is 7.45. The Hall–Kier alpha value is -7.99. The molecule has 10 rings (SSSR count). The number of rotatable bonds is 6. The van der Waals surface area contributed by atoms with Crippen molar-refractivity contribution >= 4 is 57.6 Å². The van der Waals surface area contributed by atoms with Gasteiger partial charge in [-0.15, -0.1) is 0 Å². The number of anilines is 3. The lowest BCUT2D eigenvalue weighted by Crippen LogP contribution is -2.29. The van der Waals surface area contributed by atoms with Crippen LogP contribution in [0.5, 0.6) is 0 Å². The van der Waals surface area contributed by atoms with Crippen LogP contribution in [0.15, 0.2) is 143 Å². The highest BCUT2D eigenvalue weighted by atomic mass is 16.6. The van der Waals surface area contributed by atoms with Crippen molar-refractivity contribution in [3.05, 3.63) is 188 Å². The predicted octanol–water partition coefficient (Wildman–Crippen LogP) is 7.33. The number of fused-ring (bicyclic) bond motifs is 4. The quantitative estimate of drug-likeness (QED) is 0.135. The van der Waals surface area contributed by atoms with Crippen LogP contribution in [0.4, 0.5) is 17.1 Å². The molecule has 6 aromatic carbocycles. The van der Waals surface area contributed by atoms with Crippen LogP contribution >= 0.6 is 0 Å². The van der Waals surface area contributed by atoms with Crippen LogP contribution in [0.2, 0.25) is 0 Å². The van der Waals surface area contributed by atoms with Crippen LogP contribution in [0, 0.1) is 0 Å². The van der Waals surface area contributed by atoms with E-state index in [1.54, 1.807) is 97.1 Å². The van der Waals surface area contributed by atoms with Gasteiger partial charge in [-0.25, -0.2) is 24.4 Å². The molecule has 0 fully saturated rings. The lowest BCUT2D eigenvalue weighted by atomic mass is 10.0. The topological polar surface area (TPSA) is 156 Å². The minimum Gasteiger partial charge on any atom is -0.434 e. The van der Waals surface area contributed by atoms with Gasteiger partial charge < -0.3 is 14.5 Å². The monoisotopic (exact) mass is 750 g/mol. The Bertz CT molecular complexity index is 2970. The van der Waals surface area contributed by atoms with Gasteiger partial charge in [0, 0.05) is 11.1 Å². The van der Waals surface area contributed by atoms with Crippen LogP contribution in [0.1, 0.15) is 74.7 Å². The summed E-state index contributed by atoms with van der Waals surface area (Å²) in [6.07, 6.45) is -0.326. The summed E-state index contributed by atoms with van der Waals surface area (Å²) in [5.41, 5.74) is 5.34. The molecule has 0 bridgehead atoms. The molecule has 12 nitrogen and oxygen atoms in total. The van der Waals surface area contributed by atoms with E-state index in [-0.39, 0.29) is 28.1 Å². The molecule has 0 saturated carbocycles. The number of hydrogen-bond acceptors (Lipinski definition) is 10. The second-order valence-electron chi connectivity index (χ2n) is 13.8. The third-order valence-electron chi connectivity index (χ3n) is 10.3. The van der Waals surface area contributed by atoms with Crippen molar-refractivity contribution in [3.63, 3.8) is 0 Å². The number of amides is 4. The third kappa shape index (κ3) is 5.49. The standard InChI is InChI=1S/C45H26N4O8/c50-40-30-19-13-26(38-46-36-7-3-1-5-32(36)44(54)56-38)22-34(30)42(52)48(40)28-15-9-24(10-16-28)21-25-11-17-29(18-12-25)49-41(51)31-20-14-27(23-35(31)43(49)53)39-47-37-8-4-2-6-33(37)45(55)57-39/h1-20,22-23,38,46H,21H2. The second-order valence-corrected chi connectivity index (χ2v) is 13.8. The molecule has 0 aliphatic carbocycles. The highest BCUT2D eigenvalue weighted by Crippen LogP contribution is 2.36. The normalized spacial score (nSPS) is 15.7. The molecule has 274 valence electrons. The maximum Gasteiger partial charge on any atom is 0.347 e. The molecule has 4 heterocycles. The lowest BCUT2D eigenvalue weighted by molar-refractivity contribution is 0.0330. The van der Waals surface area contributed by atoms with E-state index in [0.717, 1.165) is 20.9 Å². The van der Waals surface area contributed by atoms with Gasteiger partial charge in [-0.2, -0.15) is 0 Å². The first kappa shape index (κ1) is 33.6. The van der Waals surface area contributed by atoms with Gasteiger partial charge in [-0.05, 0) is 96.4 Å². The Labute approximate surface area is 322 Å². The van der Waals surface area contributed by atoms with E-state index in [2.05, 4.69) is 10.3 Å². The van der Waals surface area contributed by atoms with E-state index < -0.39 is 41.5 Å². The molecule has 7 aromatic rings. The average molecular weight is 751 g/mol. The number of benzene rings is 6. The summed E-state index contributed by atoms with van der Waals surface area (Å²) in [6.45, 7) is 0. The number of hydrogen-bond donors (Lipinski definition) is 1. The van der Waals surface area contributed by atoms with Gasteiger partial charge in [0.05, 0.1) is 55.8 Å². The van der Waals surface area contributed by atoms with E-state index >= 15 is 0 Å². The first-order valence-corrected chi connectivity index (χ1v) is 17.9. The van der Waals surface area contributed by atoms with Gasteiger partial charge in [0.2, 0.25) is 5.89 Å². The first-order valence-electron chi connectivity index (χ1n) is 17.9. The van der Waals surface area contributed by atoms with Crippen LogP contribution < -0.4 is 20.7 Å². The van der Waals surface area contributed by atoms with Gasteiger partial charge >= 0.3 is 11.6 Å². The molecule has 0 spiro atoms.